The molecule has 1 aromatic rings. The molecule has 2 aliphatic heterocycles. The van der Waals surface area contributed by atoms with Crippen molar-refractivity contribution in [3.05, 3.63) is 20.8 Å². The Balaban J connectivity index is 1.19. The molecule has 3 aliphatic rings. The molecule has 0 radical (unpaired) electrons. The number of imide groups is 1. The molecule has 3 heterocycles. The molecule has 1 aromatic heterocycles. The molecular formula is C20H27BrN4O3S. The molecule has 4 rings (SSSR count). The predicted octanol–water partition coefficient (Wildman–Crippen LogP) is 2.80. The van der Waals surface area contributed by atoms with Gasteiger partial charge < -0.3 is 10.2 Å². The van der Waals surface area contributed by atoms with Crippen LogP contribution in [0.1, 0.15) is 43.4 Å². The van der Waals surface area contributed by atoms with Gasteiger partial charge in [0.25, 0.3) is 5.91 Å². The van der Waals surface area contributed by atoms with Crippen LogP contribution in [0.2, 0.25) is 0 Å². The minimum atomic E-state index is -0.657. The summed E-state index contributed by atoms with van der Waals surface area (Å²) in [4.78, 5) is 44.3. The molecule has 1 aliphatic carbocycles. The number of hydrogen-bond acceptors (Lipinski definition) is 5. The third-order valence-corrected chi connectivity index (χ3v) is 7.82. The van der Waals surface area contributed by atoms with Gasteiger partial charge in [0.2, 0.25) is 5.91 Å². The Bertz CT molecular complexity index is 784. The number of halogens is 1. The molecule has 0 atom stereocenters. The number of nitrogens with zero attached hydrogens (tertiary/aromatic N) is 3. The zero-order chi connectivity index (χ0) is 20.4. The van der Waals surface area contributed by atoms with Crippen molar-refractivity contribution in [2.24, 2.45) is 0 Å². The molecule has 1 N–H and O–H groups in total. The number of rotatable bonds is 6. The van der Waals surface area contributed by atoms with E-state index in [1.807, 2.05) is 4.90 Å². The normalized spacial score (nSPS) is 22.0. The number of carbonyl (C=O) groups is 3. The van der Waals surface area contributed by atoms with E-state index < -0.39 is 5.54 Å². The van der Waals surface area contributed by atoms with E-state index in [2.05, 4.69) is 38.3 Å². The molecule has 9 heteroatoms. The topological polar surface area (TPSA) is 73.0 Å². The molecule has 1 spiro atoms. The van der Waals surface area contributed by atoms with Crippen LogP contribution >= 0.6 is 27.3 Å². The zero-order valence-electron chi connectivity index (χ0n) is 16.5. The highest BCUT2D eigenvalue weighted by molar-refractivity contribution is 9.11. The Morgan fingerprint density at radius 2 is 1.86 bits per heavy atom. The lowest BCUT2D eigenvalue weighted by molar-refractivity contribution is -0.134. The Morgan fingerprint density at radius 1 is 1.14 bits per heavy atom. The van der Waals surface area contributed by atoms with Crippen LogP contribution in [-0.4, -0.2) is 70.8 Å². The first-order chi connectivity index (χ1) is 14.0. The number of urea groups is 1. The van der Waals surface area contributed by atoms with Crippen molar-refractivity contribution in [3.63, 3.8) is 0 Å². The Labute approximate surface area is 183 Å². The number of carbonyl (C=O) groups excluding carboxylic acids is 3. The van der Waals surface area contributed by atoms with Crippen LogP contribution in [0.3, 0.4) is 0 Å². The van der Waals surface area contributed by atoms with Crippen molar-refractivity contribution in [3.8, 4) is 0 Å². The van der Waals surface area contributed by atoms with Crippen LogP contribution in [0.15, 0.2) is 15.9 Å². The second-order valence-electron chi connectivity index (χ2n) is 8.14. The SMILES string of the molecule is O=C(CCCN1C(=O)NC2(CCCC2)C1=O)N1CCN(Cc2ccc(Br)s2)CC1. The molecule has 0 unspecified atom stereocenters. The number of amides is 4. The number of thiophene rings is 1. The summed E-state index contributed by atoms with van der Waals surface area (Å²) in [5.74, 6) is 0.0208. The second kappa shape index (κ2) is 8.73. The van der Waals surface area contributed by atoms with E-state index in [1.54, 1.807) is 11.3 Å². The third-order valence-electron chi connectivity index (χ3n) is 6.21. The average Bonchev–Trinajstić information content (AvgIpc) is 3.39. The van der Waals surface area contributed by atoms with Gasteiger partial charge in [0.1, 0.15) is 5.54 Å². The molecule has 7 nitrogen and oxygen atoms in total. The summed E-state index contributed by atoms with van der Waals surface area (Å²) in [7, 11) is 0. The van der Waals surface area contributed by atoms with Crippen molar-refractivity contribution >= 4 is 45.1 Å². The van der Waals surface area contributed by atoms with Gasteiger partial charge >= 0.3 is 6.03 Å². The van der Waals surface area contributed by atoms with Crippen LogP contribution in [-0.2, 0) is 16.1 Å². The highest BCUT2D eigenvalue weighted by Crippen LogP contribution is 2.35. The van der Waals surface area contributed by atoms with E-state index in [4.69, 9.17) is 0 Å². The Kier molecular flexibility index (Phi) is 6.27. The molecule has 158 valence electrons. The maximum atomic E-state index is 12.6. The Hall–Kier alpha value is -1.45. The molecule has 2 saturated heterocycles. The van der Waals surface area contributed by atoms with Crippen molar-refractivity contribution in [2.75, 3.05) is 32.7 Å². The summed E-state index contributed by atoms with van der Waals surface area (Å²) in [6.07, 6.45) is 4.33. The van der Waals surface area contributed by atoms with E-state index in [0.29, 0.717) is 19.4 Å². The fourth-order valence-corrected chi connectivity index (χ4v) is 6.08. The lowest BCUT2D eigenvalue weighted by atomic mass is 9.98. The van der Waals surface area contributed by atoms with Crippen LogP contribution in [0.5, 0.6) is 0 Å². The van der Waals surface area contributed by atoms with Gasteiger partial charge in [-0.05, 0) is 47.3 Å². The van der Waals surface area contributed by atoms with Gasteiger partial charge in [-0.25, -0.2) is 4.79 Å². The van der Waals surface area contributed by atoms with Gasteiger partial charge in [0.15, 0.2) is 0 Å². The third kappa shape index (κ3) is 4.51. The van der Waals surface area contributed by atoms with E-state index in [9.17, 15) is 14.4 Å². The Morgan fingerprint density at radius 3 is 2.52 bits per heavy atom. The summed E-state index contributed by atoms with van der Waals surface area (Å²) in [6, 6.07) is 3.91. The predicted molar refractivity (Wildman–Crippen MR) is 115 cm³/mol. The zero-order valence-corrected chi connectivity index (χ0v) is 18.9. The molecule has 29 heavy (non-hydrogen) atoms. The quantitative estimate of drug-likeness (QED) is 0.632. The summed E-state index contributed by atoms with van der Waals surface area (Å²) >= 11 is 5.24. The minimum Gasteiger partial charge on any atom is -0.340 e. The van der Waals surface area contributed by atoms with Gasteiger partial charge in [-0.15, -0.1) is 11.3 Å². The van der Waals surface area contributed by atoms with E-state index in [1.165, 1.54) is 9.78 Å². The van der Waals surface area contributed by atoms with E-state index >= 15 is 0 Å². The van der Waals surface area contributed by atoms with Gasteiger partial charge in [-0.3, -0.25) is 19.4 Å². The minimum absolute atomic E-state index is 0.0960. The largest absolute Gasteiger partial charge is 0.340 e. The van der Waals surface area contributed by atoms with Crippen LogP contribution in [0.25, 0.3) is 0 Å². The lowest BCUT2D eigenvalue weighted by Gasteiger charge is -2.34. The number of piperazine rings is 1. The standard InChI is InChI=1S/C20H27BrN4O3S/c21-16-6-5-15(29-16)14-23-10-12-24(13-11-23)17(26)4-3-9-25-18(27)20(22-19(25)28)7-1-2-8-20/h5-6H,1-4,7-14H2,(H,22,28). The molecule has 0 aromatic carbocycles. The summed E-state index contributed by atoms with van der Waals surface area (Å²) in [6.45, 7) is 4.46. The van der Waals surface area contributed by atoms with Crippen LogP contribution in [0, 0.1) is 0 Å². The summed E-state index contributed by atoms with van der Waals surface area (Å²) in [5.41, 5.74) is -0.657. The first kappa shape index (κ1) is 20.8. The monoisotopic (exact) mass is 482 g/mol. The first-order valence-electron chi connectivity index (χ1n) is 10.4. The van der Waals surface area contributed by atoms with Crippen molar-refractivity contribution in [1.29, 1.82) is 0 Å². The second-order valence-corrected chi connectivity index (χ2v) is 10.7. The summed E-state index contributed by atoms with van der Waals surface area (Å²) < 4.78 is 1.14. The number of nitrogens with one attached hydrogen (secondary N) is 1. The van der Waals surface area contributed by atoms with Gasteiger partial charge in [-0.1, -0.05) is 12.8 Å². The van der Waals surface area contributed by atoms with Crippen LogP contribution < -0.4 is 5.32 Å². The number of hydrogen-bond donors (Lipinski definition) is 1. The summed E-state index contributed by atoms with van der Waals surface area (Å²) in [5, 5.41) is 2.89. The van der Waals surface area contributed by atoms with Gasteiger partial charge in [0, 0.05) is 50.6 Å². The van der Waals surface area contributed by atoms with E-state index in [-0.39, 0.29) is 17.8 Å². The molecule has 4 amide bonds. The van der Waals surface area contributed by atoms with Crippen molar-refractivity contribution in [1.82, 2.24) is 20.0 Å². The molecule has 0 bridgehead atoms. The fraction of sp³-hybridized carbons (Fsp3) is 0.650. The van der Waals surface area contributed by atoms with Crippen molar-refractivity contribution < 1.29 is 14.4 Å². The molecule has 1 saturated carbocycles. The molecular weight excluding hydrogens is 456 g/mol. The maximum Gasteiger partial charge on any atom is 0.325 e. The smallest absolute Gasteiger partial charge is 0.325 e. The first-order valence-corrected chi connectivity index (χ1v) is 12.0. The highest BCUT2D eigenvalue weighted by atomic mass is 79.9. The van der Waals surface area contributed by atoms with E-state index in [0.717, 1.165) is 62.2 Å². The van der Waals surface area contributed by atoms with Gasteiger partial charge in [0.05, 0.1) is 3.79 Å². The molecule has 3 fully saturated rings. The average molecular weight is 483 g/mol. The maximum absolute atomic E-state index is 12.6. The highest BCUT2D eigenvalue weighted by Gasteiger charge is 2.52. The van der Waals surface area contributed by atoms with Crippen molar-refractivity contribution in [2.45, 2.75) is 50.6 Å². The lowest BCUT2D eigenvalue weighted by Crippen LogP contribution is -2.48. The fourth-order valence-electron chi connectivity index (χ4n) is 4.56. The van der Waals surface area contributed by atoms with Gasteiger partial charge in [-0.2, -0.15) is 0 Å². The van der Waals surface area contributed by atoms with Crippen LogP contribution in [0.4, 0.5) is 4.79 Å².